The quantitative estimate of drug-likeness (QED) is 0.909. The van der Waals surface area contributed by atoms with Crippen LogP contribution in [0.15, 0.2) is 36.7 Å². The highest BCUT2D eigenvalue weighted by molar-refractivity contribution is 5.68. The van der Waals surface area contributed by atoms with Crippen molar-refractivity contribution in [2.75, 3.05) is 13.1 Å². The normalized spacial score (nSPS) is 14.9. The Kier molecular flexibility index (Phi) is 3.10. The number of hydrogen-bond acceptors (Lipinski definition) is 3. The molecule has 1 amide bonds. The van der Waals surface area contributed by atoms with Crippen molar-refractivity contribution >= 4 is 6.09 Å². The maximum atomic E-state index is 10.8. The fraction of sp³-hybridized carbons (Fsp3) is 0.267. The Morgan fingerprint density at radius 3 is 2.75 bits per heavy atom. The van der Waals surface area contributed by atoms with Gasteiger partial charge >= 0.3 is 6.09 Å². The molecule has 0 atom stereocenters. The van der Waals surface area contributed by atoms with Crippen molar-refractivity contribution < 1.29 is 9.90 Å². The van der Waals surface area contributed by atoms with Gasteiger partial charge in [0.25, 0.3) is 0 Å². The van der Waals surface area contributed by atoms with Gasteiger partial charge in [0.05, 0.1) is 11.4 Å². The second kappa shape index (κ2) is 4.92. The van der Waals surface area contributed by atoms with E-state index in [4.69, 9.17) is 5.11 Å². The Hall–Kier alpha value is -2.43. The summed E-state index contributed by atoms with van der Waals surface area (Å²) in [6.45, 7) is 3.02. The molecule has 1 aromatic heterocycles. The first-order chi connectivity index (χ1) is 9.65. The Labute approximate surface area is 116 Å². The minimum atomic E-state index is -0.873. The van der Waals surface area contributed by atoms with E-state index in [0.717, 1.165) is 17.0 Å². The van der Waals surface area contributed by atoms with Crippen LogP contribution in [-0.2, 0) is 0 Å². The highest BCUT2D eigenvalue weighted by Crippen LogP contribution is 2.32. The molecule has 2 aromatic rings. The number of carboxylic acid groups (broad SMARTS) is 1. The van der Waals surface area contributed by atoms with Crippen LogP contribution in [0.3, 0.4) is 0 Å². The fourth-order valence-electron chi connectivity index (χ4n) is 2.47. The lowest BCUT2D eigenvalue weighted by Crippen LogP contribution is -2.48. The number of aryl methyl sites for hydroxylation is 1. The maximum absolute atomic E-state index is 10.8. The third-order valence-corrected chi connectivity index (χ3v) is 3.56. The number of rotatable bonds is 2. The van der Waals surface area contributed by atoms with Gasteiger partial charge in [0.15, 0.2) is 0 Å². The Bertz CT molecular complexity index is 651. The van der Waals surface area contributed by atoms with Gasteiger partial charge in [-0.15, -0.1) is 0 Å². The van der Waals surface area contributed by atoms with Crippen LogP contribution in [-0.4, -0.2) is 39.2 Å². The van der Waals surface area contributed by atoms with Crippen molar-refractivity contribution in [1.29, 1.82) is 0 Å². The van der Waals surface area contributed by atoms with Crippen LogP contribution in [0.1, 0.15) is 17.2 Å². The van der Waals surface area contributed by atoms with Gasteiger partial charge in [-0.1, -0.05) is 23.8 Å². The predicted molar refractivity (Wildman–Crippen MR) is 74.5 cm³/mol. The van der Waals surface area contributed by atoms with Gasteiger partial charge < -0.3 is 10.0 Å². The zero-order valence-corrected chi connectivity index (χ0v) is 11.2. The van der Waals surface area contributed by atoms with Crippen LogP contribution in [0.4, 0.5) is 4.79 Å². The number of nitrogens with zero attached hydrogens (tertiary/aromatic N) is 3. The summed E-state index contributed by atoms with van der Waals surface area (Å²) in [5, 5.41) is 8.91. The summed E-state index contributed by atoms with van der Waals surface area (Å²) < 4.78 is 0. The molecule has 2 heterocycles. The SMILES string of the molecule is Cc1cccc(-c2nccnc2C2CN(C(=O)O)C2)c1. The second-order valence-corrected chi connectivity index (χ2v) is 5.04. The first-order valence-corrected chi connectivity index (χ1v) is 6.51. The molecule has 20 heavy (non-hydrogen) atoms. The molecular weight excluding hydrogens is 254 g/mol. The molecule has 0 radical (unpaired) electrons. The van der Waals surface area contributed by atoms with E-state index in [1.807, 2.05) is 25.1 Å². The molecule has 0 aliphatic carbocycles. The van der Waals surface area contributed by atoms with E-state index in [9.17, 15) is 4.79 Å². The van der Waals surface area contributed by atoms with E-state index in [1.165, 1.54) is 10.5 Å². The molecule has 1 fully saturated rings. The van der Waals surface area contributed by atoms with Crippen molar-refractivity contribution in [3.8, 4) is 11.3 Å². The zero-order chi connectivity index (χ0) is 14.1. The molecule has 0 spiro atoms. The van der Waals surface area contributed by atoms with Gasteiger partial charge in [0.1, 0.15) is 0 Å². The average Bonchev–Trinajstić information content (AvgIpc) is 2.37. The zero-order valence-electron chi connectivity index (χ0n) is 11.2. The van der Waals surface area contributed by atoms with Gasteiger partial charge in [0.2, 0.25) is 0 Å². The van der Waals surface area contributed by atoms with Crippen LogP contribution in [0.5, 0.6) is 0 Å². The van der Waals surface area contributed by atoms with Gasteiger partial charge in [-0.05, 0) is 13.0 Å². The molecule has 0 unspecified atom stereocenters. The molecule has 0 saturated carbocycles. The predicted octanol–water partition coefficient (Wildman–Crippen LogP) is 2.53. The largest absolute Gasteiger partial charge is 0.465 e. The molecule has 5 heteroatoms. The minimum Gasteiger partial charge on any atom is -0.465 e. The highest BCUT2D eigenvalue weighted by atomic mass is 16.4. The maximum Gasteiger partial charge on any atom is 0.407 e. The van der Waals surface area contributed by atoms with Crippen molar-refractivity contribution in [1.82, 2.24) is 14.9 Å². The Balaban J connectivity index is 1.92. The summed E-state index contributed by atoms with van der Waals surface area (Å²) in [6, 6.07) is 8.11. The third-order valence-electron chi connectivity index (χ3n) is 3.56. The monoisotopic (exact) mass is 269 g/mol. The van der Waals surface area contributed by atoms with E-state index in [0.29, 0.717) is 13.1 Å². The van der Waals surface area contributed by atoms with Crippen LogP contribution < -0.4 is 0 Å². The molecule has 1 saturated heterocycles. The smallest absolute Gasteiger partial charge is 0.407 e. The molecule has 3 rings (SSSR count). The standard InChI is InChI=1S/C15H15N3O2/c1-10-3-2-4-11(7-10)13-14(17-6-5-16-13)12-8-18(9-12)15(19)20/h2-7,12H,8-9H2,1H3,(H,19,20). The number of benzene rings is 1. The van der Waals surface area contributed by atoms with E-state index >= 15 is 0 Å². The van der Waals surface area contributed by atoms with E-state index < -0.39 is 6.09 Å². The lowest BCUT2D eigenvalue weighted by atomic mass is 9.92. The second-order valence-electron chi connectivity index (χ2n) is 5.04. The van der Waals surface area contributed by atoms with Gasteiger partial charge in [-0.2, -0.15) is 0 Å². The third kappa shape index (κ3) is 2.22. The van der Waals surface area contributed by atoms with E-state index in [1.54, 1.807) is 12.4 Å². The molecule has 0 bridgehead atoms. The number of hydrogen-bond donors (Lipinski definition) is 1. The van der Waals surface area contributed by atoms with Crippen LogP contribution in [0.25, 0.3) is 11.3 Å². The summed E-state index contributed by atoms with van der Waals surface area (Å²) in [7, 11) is 0. The summed E-state index contributed by atoms with van der Waals surface area (Å²) in [6.07, 6.45) is 2.47. The fourth-order valence-corrected chi connectivity index (χ4v) is 2.47. The highest BCUT2D eigenvalue weighted by Gasteiger charge is 2.34. The van der Waals surface area contributed by atoms with Crippen molar-refractivity contribution in [3.05, 3.63) is 47.9 Å². The Morgan fingerprint density at radius 2 is 2.05 bits per heavy atom. The summed E-state index contributed by atoms with van der Waals surface area (Å²) in [4.78, 5) is 21.1. The van der Waals surface area contributed by atoms with Crippen molar-refractivity contribution in [3.63, 3.8) is 0 Å². The molecular formula is C15H15N3O2. The van der Waals surface area contributed by atoms with Gasteiger partial charge in [0, 0.05) is 37.0 Å². The average molecular weight is 269 g/mol. The molecule has 5 nitrogen and oxygen atoms in total. The summed E-state index contributed by atoms with van der Waals surface area (Å²) in [5.41, 5.74) is 3.93. The number of aromatic nitrogens is 2. The van der Waals surface area contributed by atoms with Gasteiger partial charge in [-0.3, -0.25) is 9.97 Å². The van der Waals surface area contributed by atoms with Crippen LogP contribution in [0, 0.1) is 6.92 Å². The lowest BCUT2D eigenvalue weighted by Gasteiger charge is -2.37. The van der Waals surface area contributed by atoms with Crippen LogP contribution in [0.2, 0.25) is 0 Å². The molecule has 1 aliphatic heterocycles. The number of likely N-dealkylation sites (tertiary alicyclic amines) is 1. The summed E-state index contributed by atoms with van der Waals surface area (Å²) in [5.74, 6) is 0.135. The van der Waals surface area contributed by atoms with Gasteiger partial charge in [-0.25, -0.2) is 4.79 Å². The molecule has 1 aliphatic rings. The molecule has 1 N–H and O–H groups in total. The molecule has 102 valence electrons. The minimum absolute atomic E-state index is 0.135. The van der Waals surface area contributed by atoms with E-state index in [-0.39, 0.29) is 5.92 Å². The molecule has 1 aromatic carbocycles. The summed E-state index contributed by atoms with van der Waals surface area (Å²) >= 11 is 0. The number of carbonyl (C=O) groups is 1. The Morgan fingerprint density at radius 1 is 1.30 bits per heavy atom. The van der Waals surface area contributed by atoms with Crippen LogP contribution >= 0.6 is 0 Å². The lowest BCUT2D eigenvalue weighted by molar-refractivity contribution is 0.104. The first-order valence-electron chi connectivity index (χ1n) is 6.51. The number of amides is 1. The first kappa shape index (κ1) is 12.6. The van der Waals surface area contributed by atoms with Crippen molar-refractivity contribution in [2.24, 2.45) is 0 Å². The van der Waals surface area contributed by atoms with Crippen molar-refractivity contribution in [2.45, 2.75) is 12.8 Å². The topological polar surface area (TPSA) is 66.3 Å². The van der Waals surface area contributed by atoms with E-state index in [2.05, 4.69) is 16.0 Å².